The summed E-state index contributed by atoms with van der Waals surface area (Å²) in [7, 11) is 0. The van der Waals surface area contributed by atoms with E-state index in [4.69, 9.17) is 11.6 Å². The van der Waals surface area contributed by atoms with Crippen LogP contribution in [0, 0.1) is 17.6 Å². The van der Waals surface area contributed by atoms with E-state index < -0.39 is 29.4 Å². The molecular formula is C24H23ClF2N2O3. The lowest BCUT2D eigenvalue weighted by Gasteiger charge is -2.22. The molecule has 0 saturated heterocycles. The summed E-state index contributed by atoms with van der Waals surface area (Å²) in [6, 6.07) is 7.46. The van der Waals surface area contributed by atoms with Crippen LogP contribution in [-0.2, 0) is 27.3 Å². The first-order chi connectivity index (χ1) is 15.3. The molecule has 1 heterocycles. The standard InChI is InChI=1S/C24H23ClF2N2O3/c25-22-17(18(26)7-8-19(22)27)12-28-24(32)16-4-2-1-3-15(23(16)31)13-5-9-20-14(11-13)6-10-21(30)29-20/h5,7-9,11,15-16H,1-4,6,10,12H2,(H,28,32)(H,29,30). The number of fused-ring (bicyclic) bond motifs is 1. The molecule has 2 atom stereocenters. The van der Waals surface area contributed by atoms with Crippen molar-refractivity contribution in [2.75, 3.05) is 5.32 Å². The molecule has 1 fully saturated rings. The molecule has 0 bridgehead atoms. The maximum absolute atomic E-state index is 14.0. The summed E-state index contributed by atoms with van der Waals surface area (Å²) in [5.74, 6) is -3.49. The molecule has 0 spiro atoms. The molecule has 2 N–H and O–H groups in total. The van der Waals surface area contributed by atoms with Gasteiger partial charge in [-0.1, -0.05) is 36.6 Å². The Morgan fingerprint density at radius 3 is 2.62 bits per heavy atom. The zero-order valence-electron chi connectivity index (χ0n) is 17.3. The minimum Gasteiger partial charge on any atom is -0.351 e. The van der Waals surface area contributed by atoms with E-state index in [0.29, 0.717) is 25.7 Å². The largest absolute Gasteiger partial charge is 0.351 e. The molecule has 0 radical (unpaired) electrons. The van der Waals surface area contributed by atoms with Crippen molar-refractivity contribution in [3.05, 3.63) is 63.7 Å². The van der Waals surface area contributed by atoms with Crippen LogP contribution in [0.1, 0.15) is 54.7 Å². The van der Waals surface area contributed by atoms with Gasteiger partial charge in [0.1, 0.15) is 11.6 Å². The second-order valence-electron chi connectivity index (χ2n) is 8.30. The first-order valence-electron chi connectivity index (χ1n) is 10.7. The maximum atomic E-state index is 14.0. The highest BCUT2D eigenvalue weighted by Crippen LogP contribution is 2.35. The molecular weight excluding hydrogens is 438 g/mol. The number of carbonyl (C=O) groups is 3. The summed E-state index contributed by atoms with van der Waals surface area (Å²) in [5, 5.41) is 5.02. The van der Waals surface area contributed by atoms with Gasteiger partial charge < -0.3 is 10.6 Å². The average Bonchev–Trinajstić information content (AvgIpc) is 2.97. The van der Waals surface area contributed by atoms with Gasteiger partial charge in [-0.05, 0) is 48.6 Å². The number of aryl methyl sites for hydroxylation is 1. The molecule has 1 saturated carbocycles. The number of carbonyl (C=O) groups excluding carboxylic acids is 3. The van der Waals surface area contributed by atoms with Crippen LogP contribution in [-0.4, -0.2) is 17.6 Å². The summed E-state index contributed by atoms with van der Waals surface area (Å²) < 4.78 is 27.7. The average molecular weight is 461 g/mol. The van der Waals surface area contributed by atoms with Crippen molar-refractivity contribution >= 4 is 34.9 Å². The van der Waals surface area contributed by atoms with Crippen LogP contribution < -0.4 is 10.6 Å². The van der Waals surface area contributed by atoms with Gasteiger partial charge in [0.25, 0.3) is 0 Å². The Kier molecular flexibility index (Phi) is 6.55. The zero-order chi connectivity index (χ0) is 22.8. The summed E-state index contributed by atoms with van der Waals surface area (Å²) >= 11 is 5.83. The van der Waals surface area contributed by atoms with Gasteiger partial charge in [0.2, 0.25) is 11.8 Å². The van der Waals surface area contributed by atoms with Gasteiger partial charge in [-0.15, -0.1) is 0 Å². The minimum atomic E-state index is -0.867. The van der Waals surface area contributed by atoms with Gasteiger partial charge >= 0.3 is 0 Å². The Hall–Kier alpha value is -2.80. The summed E-state index contributed by atoms with van der Waals surface area (Å²) in [6.45, 7) is -0.297. The number of ketones is 1. The van der Waals surface area contributed by atoms with E-state index in [0.717, 1.165) is 41.8 Å². The second kappa shape index (κ2) is 9.36. The number of nitrogens with one attached hydrogen (secondary N) is 2. The maximum Gasteiger partial charge on any atom is 0.230 e. The van der Waals surface area contributed by atoms with E-state index >= 15 is 0 Å². The Morgan fingerprint density at radius 1 is 1.06 bits per heavy atom. The SMILES string of the molecule is O=C1CCc2cc(C3CCCCC(C(=O)NCc4c(F)ccc(F)c4Cl)C3=O)ccc2N1. The minimum absolute atomic E-state index is 0.0256. The lowest BCUT2D eigenvalue weighted by molar-refractivity contribution is -0.135. The van der Waals surface area contributed by atoms with Crippen LogP contribution in [0.25, 0.3) is 0 Å². The Morgan fingerprint density at radius 2 is 1.81 bits per heavy atom. The third kappa shape index (κ3) is 4.53. The number of benzene rings is 2. The number of amides is 2. The molecule has 4 rings (SSSR count). The van der Waals surface area contributed by atoms with Gasteiger partial charge in [0.05, 0.1) is 10.9 Å². The van der Waals surface area contributed by atoms with Crippen molar-refractivity contribution in [3.63, 3.8) is 0 Å². The van der Waals surface area contributed by atoms with Crippen molar-refractivity contribution in [1.82, 2.24) is 5.32 Å². The summed E-state index contributed by atoms with van der Waals surface area (Å²) in [5.41, 5.74) is 2.43. The zero-order valence-corrected chi connectivity index (χ0v) is 18.1. The van der Waals surface area contributed by atoms with Gasteiger partial charge in [0.15, 0.2) is 5.78 Å². The van der Waals surface area contributed by atoms with E-state index in [9.17, 15) is 23.2 Å². The Balaban J connectivity index is 1.50. The molecule has 2 aromatic carbocycles. The number of Topliss-reactive ketones (excluding diaryl/α,β-unsaturated/α-hetero) is 1. The molecule has 32 heavy (non-hydrogen) atoms. The topological polar surface area (TPSA) is 75.3 Å². The molecule has 0 aromatic heterocycles. The predicted octanol–water partition coefficient (Wildman–Crippen LogP) is 4.66. The fourth-order valence-electron chi connectivity index (χ4n) is 4.47. The molecule has 1 aliphatic heterocycles. The van der Waals surface area contributed by atoms with Crippen LogP contribution in [0.2, 0.25) is 5.02 Å². The van der Waals surface area contributed by atoms with Gasteiger partial charge in [-0.2, -0.15) is 0 Å². The number of rotatable bonds is 4. The highest BCUT2D eigenvalue weighted by molar-refractivity contribution is 6.31. The monoisotopic (exact) mass is 460 g/mol. The molecule has 2 amide bonds. The smallest absolute Gasteiger partial charge is 0.230 e. The molecule has 2 unspecified atom stereocenters. The van der Waals surface area contributed by atoms with Crippen LogP contribution in [0.15, 0.2) is 30.3 Å². The highest BCUT2D eigenvalue weighted by Gasteiger charge is 2.35. The number of anilines is 1. The van der Waals surface area contributed by atoms with E-state index in [2.05, 4.69) is 10.6 Å². The third-order valence-corrected chi connectivity index (χ3v) is 6.65. The third-order valence-electron chi connectivity index (χ3n) is 6.24. The number of halogens is 3. The highest BCUT2D eigenvalue weighted by atomic mass is 35.5. The normalized spacial score (nSPS) is 20.8. The van der Waals surface area contributed by atoms with Crippen molar-refractivity contribution in [3.8, 4) is 0 Å². The van der Waals surface area contributed by atoms with Crippen molar-refractivity contribution in [2.24, 2.45) is 5.92 Å². The van der Waals surface area contributed by atoms with E-state index in [1.165, 1.54) is 0 Å². The number of hydrogen-bond donors (Lipinski definition) is 2. The molecule has 2 aliphatic rings. The van der Waals surface area contributed by atoms with Crippen LogP contribution >= 0.6 is 11.6 Å². The molecule has 5 nitrogen and oxygen atoms in total. The van der Waals surface area contributed by atoms with E-state index in [-0.39, 0.29) is 28.8 Å². The van der Waals surface area contributed by atoms with Crippen LogP contribution in [0.4, 0.5) is 14.5 Å². The van der Waals surface area contributed by atoms with Crippen molar-refractivity contribution in [2.45, 2.75) is 51.0 Å². The summed E-state index contributed by atoms with van der Waals surface area (Å²) in [6.07, 6.45) is 3.58. The number of hydrogen-bond acceptors (Lipinski definition) is 3. The fraction of sp³-hybridized carbons (Fsp3) is 0.375. The fourth-order valence-corrected chi connectivity index (χ4v) is 4.69. The lowest BCUT2D eigenvalue weighted by atomic mass is 9.84. The quantitative estimate of drug-likeness (QED) is 0.396. The molecule has 168 valence electrons. The summed E-state index contributed by atoms with van der Waals surface area (Å²) in [4.78, 5) is 37.8. The van der Waals surface area contributed by atoms with Crippen LogP contribution in [0.5, 0.6) is 0 Å². The van der Waals surface area contributed by atoms with Gasteiger partial charge in [-0.25, -0.2) is 8.78 Å². The van der Waals surface area contributed by atoms with Crippen molar-refractivity contribution < 1.29 is 23.2 Å². The lowest BCUT2D eigenvalue weighted by Crippen LogP contribution is -2.36. The molecule has 1 aliphatic carbocycles. The van der Waals surface area contributed by atoms with Crippen molar-refractivity contribution in [1.29, 1.82) is 0 Å². The van der Waals surface area contributed by atoms with E-state index in [1.807, 2.05) is 18.2 Å². The Labute approximate surface area is 189 Å². The predicted molar refractivity (Wildman–Crippen MR) is 116 cm³/mol. The first-order valence-corrected chi connectivity index (χ1v) is 11.1. The van der Waals surface area contributed by atoms with Gasteiger partial charge in [-0.3, -0.25) is 14.4 Å². The molecule has 8 heteroatoms. The molecule has 2 aromatic rings. The second-order valence-corrected chi connectivity index (χ2v) is 8.67. The van der Waals surface area contributed by atoms with Crippen LogP contribution in [0.3, 0.4) is 0 Å². The first kappa shape index (κ1) is 22.4. The Bertz CT molecular complexity index is 1090. The van der Waals surface area contributed by atoms with Gasteiger partial charge in [0, 0.05) is 30.1 Å². The van der Waals surface area contributed by atoms with E-state index in [1.54, 1.807) is 0 Å².